The average molecular weight is 390 g/mol. The number of carbonyl (C=O) groups is 1. The van der Waals surface area contributed by atoms with Gasteiger partial charge in [-0.1, -0.05) is 0 Å². The molecule has 0 bridgehead atoms. The van der Waals surface area contributed by atoms with E-state index in [9.17, 15) is 39.6 Å². The van der Waals surface area contributed by atoms with Crippen LogP contribution in [0.4, 0.5) is 26.3 Å². The fraction of sp³-hybridized carbons (Fsp3) is 0.909. The molecule has 0 aliphatic rings. The fourth-order valence-corrected chi connectivity index (χ4v) is 4.02. The molecule has 0 fully saturated rings. The molecule has 0 radical (unpaired) electrons. The third kappa shape index (κ3) is 8.13. The van der Waals surface area contributed by atoms with Gasteiger partial charge in [0.25, 0.3) is 0 Å². The van der Waals surface area contributed by atoms with Crippen LogP contribution in [-0.2, 0) is 19.4 Å². The first-order valence-electron chi connectivity index (χ1n) is 6.20. The van der Waals surface area contributed by atoms with Gasteiger partial charge < -0.3 is 4.74 Å². The maximum atomic E-state index is 12.6. The molecule has 0 rings (SSSR count). The van der Waals surface area contributed by atoms with Gasteiger partial charge in [0.05, 0.1) is 19.3 Å². The lowest BCUT2D eigenvalue weighted by Crippen LogP contribution is -2.36. The quantitative estimate of drug-likeness (QED) is 0.471. The van der Waals surface area contributed by atoms with Crippen LogP contribution in [0.25, 0.3) is 0 Å². The minimum absolute atomic E-state index is 0.414. The first-order chi connectivity index (χ1) is 10.2. The molecule has 0 saturated carbocycles. The molecule has 4 nitrogen and oxygen atoms in total. The van der Waals surface area contributed by atoms with Gasteiger partial charge in [-0.3, -0.25) is 4.79 Å². The van der Waals surface area contributed by atoms with Crippen LogP contribution in [0.1, 0.15) is 19.3 Å². The van der Waals surface area contributed by atoms with E-state index in [1.165, 1.54) is 0 Å². The summed E-state index contributed by atoms with van der Waals surface area (Å²) in [5.41, 5.74) is 0. The number of hydrogen-bond acceptors (Lipinski definition) is 5. The predicted molar refractivity (Wildman–Crippen MR) is 72.9 cm³/mol. The summed E-state index contributed by atoms with van der Waals surface area (Å²) in [6.07, 6.45) is -11.4. The molecule has 0 aromatic carbocycles. The second-order valence-corrected chi connectivity index (χ2v) is 7.93. The van der Waals surface area contributed by atoms with Gasteiger partial charge in [-0.15, -0.1) is 0 Å². The van der Waals surface area contributed by atoms with Gasteiger partial charge in [0.1, 0.15) is 5.25 Å². The van der Waals surface area contributed by atoms with Crippen molar-refractivity contribution in [3.05, 3.63) is 0 Å². The number of carbonyl (C=O) groups excluding carboxylic acids is 1. The highest BCUT2D eigenvalue weighted by atomic mass is 32.2. The van der Waals surface area contributed by atoms with Crippen LogP contribution in [0.5, 0.6) is 0 Å². The Labute approximate surface area is 133 Å². The first kappa shape index (κ1) is 22.4. The smallest absolute Gasteiger partial charge is 0.400 e. The van der Waals surface area contributed by atoms with Crippen LogP contribution in [0, 0.1) is 0 Å². The topological polar surface area (TPSA) is 60.4 Å². The van der Waals surface area contributed by atoms with Crippen molar-refractivity contribution in [1.29, 1.82) is 0 Å². The molecule has 0 heterocycles. The van der Waals surface area contributed by atoms with Gasteiger partial charge in [0, 0.05) is 0 Å². The Morgan fingerprint density at radius 1 is 1.13 bits per heavy atom. The van der Waals surface area contributed by atoms with E-state index in [2.05, 4.69) is 4.74 Å². The minimum Gasteiger partial charge on any atom is -0.468 e. The van der Waals surface area contributed by atoms with Crippen LogP contribution in [-0.4, -0.2) is 56.4 Å². The number of rotatable bonds is 8. The molecule has 0 spiro atoms. The third-order valence-corrected chi connectivity index (χ3v) is 6.05. The molecule has 0 aromatic rings. The zero-order chi connectivity index (χ0) is 18.5. The SMILES string of the molecule is COC(=O)C(CCC(SC)C(F)(F)F)S(=O)(=O)CCC(F)(F)F. The number of thioether (sulfide) groups is 1. The van der Waals surface area contributed by atoms with Crippen molar-refractivity contribution >= 4 is 27.6 Å². The standard InChI is InChI=1S/C11H16F6O4S2/c1-21-9(18)7(3-4-8(22-2)11(15,16)17)23(19,20)6-5-10(12,13)14/h7-8H,3-6H2,1-2H3. The molecular weight excluding hydrogens is 374 g/mol. The number of alkyl halides is 6. The summed E-state index contributed by atoms with van der Waals surface area (Å²) < 4.78 is 102. The fourth-order valence-electron chi connectivity index (χ4n) is 1.69. The molecule has 2 unspecified atom stereocenters. The van der Waals surface area contributed by atoms with Crippen LogP contribution in [0.2, 0.25) is 0 Å². The Hall–Kier alpha value is -0.650. The van der Waals surface area contributed by atoms with Crippen molar-refractivity contribution in [2.75, 3.05) is 19.1 Å². The molecule has 0 aliphatic heterocycles. The van der Waals surface area contributed by atoms with E-state index in [1.807, 2.05) is 0 Å². The Balaban J connectivity index is 5.12. The summed E-state index contributed by atoms with van der Waals surface area (Å²) in [6, 6.07) is 0. The maximum absolute atomic E-state index is 12.6. The van der Waals surface area contributed by atoms with E-state index in [0.717, 1.165) is 13.4 Å². The van der Waals surface area contributed by atoms with Crippen molar-refractivity contribution in [3.8, 4) is 0 Å². The molecular formula is C11H16F6O4S2. The normalized spacial score (nSPS) is 16.0. The van der Waals surface area contributed by atoms with Crippen molar-refractivity contribution in [2.24, 2.45) is 0 Å². The summed E-state index contributed by atoms with van der Waals surface area (Å²) in [5, 5.41) is -3.97. The van der Waals surface area contributed by atoms with Gasteiger partial charge in [0.15, 0.2) is 15.1 Å². The summed E-state index contributed by atoms with van der Waals surface area (Å²) in [4.78, 5) is 11.5. The lowest BCUT2D eigenvalue weighted by atomic mass is 10.2. The third-order valence-electron chi connectivity index (χ3n) is 2.91. The van der Waals surface area contributed by atoms with E-state index < -0.39 is 63.7 Å². The highest BCUT2D eigenvalue weighted by Gasteiger charge is 2.42. The first-order valence-corrected chi connectivity index (χ1v) is 9.20. The monoisotopic (exact) mass is 390 g/mol. The number of ether oxygens (including phenoxy) is 1. The second-order valence-electron chi connectivity index (χ2n) is 4.59. The van der Waals surface area contributed by atoms with Crippen LogP contribution >= 0.6 is 11.8 Å². The molecule has 2 atom stereocenters. The van der Waals surface area contributed by atoms with Gasteiger partial charge in [-0.05, 0) is 19.1 Å². The average Bonchev–Trinajstić information content (AvgIpc) is 2.38. The van der Waals surface area contributed by atoms with E-state index in [-0.39, 0.29) is 0 Å². The number of methoxy groups -OCH3 is 1. The zero-order valence-corrected chi connectivity index (χ0v) is 13.8. The molecule has 0 saturated heterocycles. The largest absolute Gasteiger partial charge is 0.468 e. The predicted octanol–water partition coefficient (Wildman–Crippen LogP) is 2.97. The maximum Gasteiger partial charge on any atom is 0.400 e. The van der Waals surface area contributed by atoms with Crippen LogP contribution < -0.4 is 0 Å². The highest BCUT2D eigenvalue weighted by molar-refractivity contribution is 7.99. The van der Waals surface area contributed by atoms with Crippen molar-refractivity contribution < 1.29 is 44.3 Å². The van der Waals surface area contributed by atoms with Gasteiger partial charge >= 0.3 is 18.3 Å². The number of esters is 1. The molecule has 0 aliphatic carbocycles. The number of sulfone groups is 1. The lowest BCUT2D eigenvalue weighted by molar-refractivity contribution is -0.142. The van der Waals surface area contributed by atoms with Gasteiger partial charge in [0.2, 0.25) is 0 Å². The zero-order valence-electron chi connectivity index (χ0n) is 12.2. The number of hydrogen-bond donors (Lipinski definition) is 0. The van der Waals surface area contributed by atoms with Crippen molar-refractivity contribution in [3.63, 3.8) is 0 Å². The highest BCUT2D eigenvalue weighted by Crippen LogP contribution is 2.33. The summed E-state index contributed by atoms with van der Waals surface area (Å²) in [6.45, 7) is 0. The van der Waals surface area contributed by atoms with Crippen LogP contribution in [0.15, 0.2) is 0 Å². The summed E-state index contributed by atoms with van der Waals surface area (Å²) >= 11 is 0.414. The number of halogens is 6. The molecule has 0 N–H and O–H groups in total. The second kappa shape index (κ2) is 8.45. The van der Waals surface area contributed by atoms with E-state index >= 15 is 0 Å². The minimum atomic E-state index is -4.76. The Morgan fingerprint density at radius 3 is 2.00 bits per heavy atom. The van der Waals surface area contributed by atoms with E-state index in [1.54, 1.807) is 0 Å². The van der Waals surface area contributed by atoms with Gasteiger partial charge in [-0.25, -0.2) is 8.42 Å². The summed E-state index contributed by atoms with van der Waals surface area (Å²) in [5.74, 6) is -2.75. The molecule has 12 heteroatoms. The Bertz CT molecular complexity index is 486. The molecule has 0 amide bonds. The van der Waals surface area contributed by atoms with Crippen LogP contribution in [0.3, 0.4) is 0 Å². The lowest BCUT2D eigenvalue weighted by Gasteiger charge is -2.21. The Morgan fingerprint density at radius 2 is 1.65 bits per heavy atom. The Kier molecular flexibility index (Phi) is 8.21. The summed E-state index contributed by atoms with van der Waals surface area (Å²) in [7, 11) is -3.78. The van der Waals surface area contributed by atoms with E-state index in [4.69, 9.17) is 0 Å². The van der Waals surface area contributed by atoms with Crippen molar-refractivity contribution in [2.45, 2.75) is 42.1 Å². The van der Waals surface area contributed by atoms with Gasteiger partial charge in [-0.2, -0.15) is 38.1 Å². The van der Waals surface area contributed by atoms with E-state index in [0.29, 0.717) is 11.8 Å². The molecule has 0 aromatic heterocycles. The molecule has 138 valence electrons. The molecule has 23 heavy (non-hydrogen) atoms. The van der Waals surface area contributed by atoms with Crippen molar-refractivity contribution in [1.82, 2.24) is 0 Å².